The van der Waals surface area contributed by atoms with Crippen LogP contribution < -0.4 is 0 Å². The molecule has 0 aliphatic carbocycles. The Morgan fingerprint density at radius 1 is 0.286 bits per heavy atom. The summed E-state index contributed by atoms with van der Waals surface area (Å²) in [5.74, 6) is 0. The second kappa shape index (κ2) is 33.8. The van der Waals surface area contributed by atoms with Gasteiger partial charge in [0.1, 0.15) is 0 Å². The lowest BCUT2D eigenvalue weighted by atomic mass is 9.93. The molecule has 0 N–H and O–H groups in total. The molecule has 0 heterocycles. The van der Waals surface area contributed by atoms with Crippen LogP contribution in [0.5, 0.6) is 0 Å². The van der Waals surface area contributed by atoms with Gasteiger partial charge in [-0.25, -0.2) is 0 Å². The van der Waals surface area contributed by atoms with Crippen molar-refractivity contribution in [2.45, 2.75) is 252 Å². The van der Waals surface area contributed by atoms with Gasteiger partial charge in [-0.3, -0.25) is 4.90 Å². The molecule has 0 saturated carbocycles. The molecular formula is C41H85N. The summed E-state index contributed by atoms with van der Waals surface area (Å²) >= 11 is 0. The average Bonchev–Trinajstić information content (AvgIpc) is 2.98. The van der Waals surface area contributed by atoms with Gasteiger partial charge in [0.15, 0.2) is 0 Å². The molecule has 1 heteroatoms. The molecule has 0 unspecified atom stereocenters. The first-order valence-corrected chi connectivity index (χ1v) is 20.3. The monoisotopic (exact) mass is 592 g/mol. The molecule has 0 amide bonds. The molecule has 0 aromatic carbocycles. The fraction of sp³-hybridized carbons (Fsp3) is 1.00. The van der Waals surface area contributed by atoms with E-state index >= 15 is 0 Å². The number of nitrogens with zero attached hydrogens (tertiary/aromatic N) is 1. The van der Waals surface area contributed by atoms with Gasteiger partial charge in [-0.15, -0.1) is 0 Å². The van der Waals surface area contributed by atoms with E-state index in [4.69, 9.17) is 0 Å². The lowest BCUT2D eigenvalue weighted by Crippen LogP contribution is -2.45. The van der Waals surface area contributed by atoms with Gasteiger partial charge in [0.2, 0.25) is 0 Å². The zero-order valence-corrected chi connectivity index (χ0v) is 30.7. The van der Waals surface area contributed by atoms with Gasteiger partial charge in [0.05, 0.1) is 0 Å². The highest BCUT2D eigenvalue weighted by Gasteiger charge is 2.25. The van der Waals surface area contributed by atoms with Gasteiger partial charge in [-0.2, -0.15) is 0 Å². The van der Waals surface area contributed by atoms with Crippen molar-refractivity contribution in [1.29, 1.82) is 0 Å². The molecule has 0 atom stereocenters. The van der Waals surface area contributed by atoms with Gasteiger partial charge in [0.25, 0.3) is 0 Å². The molecule has 0 radical (unpaired) electrons. The highest BCUT2D eigenvalue weighted by molar-refractivity contribution is 4.81. The molecule has 0 spiro atoms. The fourth-order valence-corrected chi connectivity index (χ4v) is 6.85. The average molecular weight is 592 g/mol. The molecule has 254 valence electrons. The Morgan fingerprint density at radius 2 is 0.500 bits per heavy atom. The van der Waals surface area contributed by atoms with Gasteiger partial charge in [-0.05, 0) is 46.2 Å². The SMILES string of the molecule is CCCCCCCCCCCCCCCCN(CCCCCCCCCCCCCCCC)C(C)(C)CCCCCC. The van der Waals surface area contributed by atoms with Gasteiger partial charge in [-0.1, -0.05) is 213 Å². The molecule has 1 nitrogen and oxygen atoms in total. The summed E-state index contributed by atoms with van der Waals surface area (Å²) in [6, 6.07) is 0. The van der Waals surface area contributed by atoms with Crippen molar-refractivity contribution >= 4 is 0 Å². The van der Waals surface area contributed by atoms with Crippen molar-refractivity contribution in [2.24, 2.45) is 0 Å². The maximum absolute atomic E-state index is 2.90. The van der Waals surface area contributed by atoms with Crippen molar-refractivity contribution in [3.05, 3.63) is 0 Å². The number of hydrogen-bond acceptors (Lipinski definition) is 1. The van der Waals surface area contributed by atoms with Gasteiger partial charge >= 0.3 is 0 Å². The number of rotatable bonds is 36. The van der Waals surface area contributed by atoms with E-state index < -0.39 is 0 Å². The van der Waals surface area contributed by atoms with Crippen molar-refractivity contribution < 1.29 is 0 Å². The van der Waals surface area contributed by atoms with Crippen LogP contribution in [0.15, 0.2) is 0 Å². The van der Waals surface area contributed by atoms with Crippen LogP contribution in [-0.2, 0) is 0 Å². The first-order valence-electron chi connectivity index (χ1n) is 20.3. The fourth-order valence-electron chi connectivity index (χ4n) is 6.85. The predicted molar refractivity (Wildman–Crippen MR) is 195 cm³/mol. The van der Waals surface area contributed by atoms with Crippen LogP contribution in [0.1, 0.15) is 247 Å². The summed E-state index contributed by atoms with van der Waals surface area (Å²) in [7, 11) is 0. The Kier molecular flexibility index (Phi) is 33.8. The minimum atomic E-state index is 0.376. The predicted octanol–water partition coefficient (Wildman–Crippen LogP) is 15.0. The van der Waals surface area contributed by atoms with Crippen LogP contribution in [0, 0.1) is 0 Å². The Balaban J connectivity index is 3.98. The van der Waals surface area contributed by atoms with Crippen LogP contribution in [0.4, 0.5) is 0 Å². The zero-order chi connectivity index (χ0) is 30.8. The van der Waals surface area contributed by atoms with Crippen LogP contribution >= 0.6 is 0 Å². The van der Waals surface area contributed by atoms with Crippen molar-refractivity contribution in [2.75, 3.05) is 13.1 Å². The summed E-state index contributed by atoms with van der Waals surface area (Å²) in [4.78, 5) is 2.90. The van der Waals surface area contributed by atoms with E-state index in [-0.39, 0.29) is 0 Å². The molecule has 0 aromatic heterocycles. The second-order valence-electron chi connectivity index (χ2n) is 14.8. The van der Waals surface area contributed by atoms with E-state index in [1.807, 2.05) is 0 Å². The van der Waals surface area contributed by atoms with E-state index in [2.05, 4.69) is 39.5 Å². The summed E-state index contributed by atoms with van der Waals surface area (Å²) < 4.78 is 0. The molecule has 42 heavy (non-hydrogen) atoms. The normalized spacial score (nSPS) is 12.1. The van der Waals surface area contributed by atoms with E-state index in [0.29, 0.717) is 5.54 Å². The van der Waals surface area contributed by atoms with Crippen LogP contribution in [0.25, 0.3) is 0 Å². The second-order valence-corrected chi connectivity index (χ2v) is 14.8. The summed E-state index contributed by atoms with van der Waals surface area (Å²) in [6.07, 6.45) is 47.8. The molecule has 0 rings (SSSR count). The molecule has 0 aliphatic heterocycles. The Hall–Kier alpha value is -0.0400. The highest BCUT2D eigenvalue weighted by Crippen LogP contribution is 2.25. The summed E-state index contributed by atoms with van der Waals surface area (Å²) in [5, 5.41) is 0. The Bertz CT molecular complexity index is 451. The van der Waals surface area contributed by atoms with E-state index in [9.17, 15) is 0 Å². The molecular weight excluding hydrogens is 506 g/mol. The third-order valence-electron chi connectivity index (χ3n) is 10.1. The van der Waals surface area contributed by atoms with E-state index in [1.165, 1.54) is 225 Å². The minimum Gasteiger partial charge on any atom is -0.298 e. The van der Waals surface area contributed by atoms with Crippen LogP contribution in [0.3, 0.4) is 0 Å². The number of hydrogen-bond donors (Lipinski definition) is 0. The topological polar surface area (TPSA) is 3.24 Å². The van der Waals surface area contributed by atoms with E-state index in [1.54, 1.807) is 0 Å². The molecule has 0 saturated heterocycles. The summed E-state index contributed by atoms with van der Waals surface area (Å²) in [6.45, 7) is 14.7. The lowest BCUT2D eigenvalue weighted by Gasteiger charge is -2.39. The third kappa shape index (κ3) is 30.0. The molecule has 0 fully saturated rings. The van der Waals surface area contributed by atoms with Crippen LogP contribution in [-0.4, -0.2) is 23.5 Å². The van der Waals surface area contributed by atoms with Gasteiger partial charge in [0, 0.05) is 5.54 Å². The van der Waals surface area contributed by atoms with Crippen molar-refractivity contribution in [3.63, 3.8) is 0 Å². The molecule has 0 aromatic rings. The quantitative estimate of drug-likeness (QED) is 0.0655. The highest BCUT2D eigenvalue weighted by atomic mass is 15.2. The van der Waals surface area contributed by atoms with Gasteiger partial charge < -0.3 is 0 Å². The first kappa shape index (κ1) is 42.0. The Labute approximate surface area is 269 Å². The zero-order valence-electron chi connectivity index (χ0n) is 30.7. The smallest absolute Gasteiger partial charge is 0.0153 e. The summed E-state index contributed by atoms with van der Waals surface area (Å²) in [5.41, 5.74) is 0.376. The maximum atomic E-state index is 2.90. The number of unbranched alkanes of at least 4 members (excludes halogenated alkanes) is 29. The molecule has 0 bridgehead atoms. The standard InChI is InChI=1S/C41H85N/c1-6-9-12-15-17-19-21-23-25-27-29-31-33-36-39-42(41(4,5)38-35-14-11-8-3)40-37-34-32-30-28-26-24-22-20-18-16-13-10-7-2/h6-40H2,1-5H3. The Morgan fingerprint density at radius 3 is 0.762 bits per heavy atom. The lowest BCUT2D eigenvalue weighted by molar-refractivity contribution is 0.102. The van der Waals surface area contributed by atoms with Crippen molar-refractivity contribution in [3.8, 4) is 0 Å². The largest absolute Gasteiger partial charge is 0.298 e. The van der Waals surface area contributed by atoms with E-state index in [0.717, 1.165) is 0 Å². The van der Waals surface area contributed by atoms with Crippen LogP contribution in [0.2, 0.25) is 0 Å². The minimum absolute atomic E-state index is 0.376. The van der Waals surface area contributed by atoms with Crippen molar-refractivity contribution in [1.82, 2.24) is 4.90 Å². The third-order valence-corrected chi connectivity index (χ3v) is 10.1. The maximum Gasteiger partial charge on any atom is 0.0153 e. The first-order chi connectivity index (χ1) is 20.6. The molecule has 0 aliphatic rings.